The minimum atomic E-state index is -0.460. The van der Waals surface area contributed by atoms with Crippen LogP contribution in [0.1, 0.15) is 5.56 Å². The minimum absolute atomic E-state index is 0.000839. The summed E-state index contributed by atoms with van der Waals surface area (Å²) in [6, 6.07) is 4.63. The lowest BCUT2D eigenvalue weighted by Gasteiger charge is -2.00. The minimum Gasteiger partial charge on any atom is -0.365 e. The van der Waals surface area contributed by atoms with Crippen molar-refractivity contribution >= 4 is 11.6 Å². The molecule has 0 unspecified atom stereocenters. The van der Waals surface area contributed by atoms with Gasteiger partial charge >= 0.3 is 0 Å². The predicted molar refractivity (Wildman–Crippen MR) is 55.5 cm³/mol. The van der Waals surface area contributed by atoms with Gasteiger partial charge in [0.25, 0.3) is 17.5 Å². The van der Waals surface area contributed by atoms with E-state index in [1.807, 2.05) is 0 Å². The molecule has 1 heterocycles. The third-order valence-corrected chi connectivity index (χ3v) is 2.17. The molecular formula is C9H8N4O3. The fourth-order valence-electron chi connectivity index (χ4n) is 1.40. The van der Waals surface area contributed by atoms with Gasteiger partial charge in [-0.15, -0.1) is 0 Å². The molecular weight excluding hydrogens is 212 g/mol. The Kier molecular flexibility index (Phi) is 2.28. The van der Waals surface area contributed by atoms with E-state index < -0.39 is 4.92 Å². The van der Waals surface area contributed by atoms with Crippen molar-refractivity contribution in [3.05, 3.63) is 33.9 Å². The van der Waals surface area contributed by atoms with Gasteiger partial charge in [-0.05, 0) is 18.1 Å². The molecule has 1 aromatic heterocycles. The smallest absolute Gasteiger partial charge is 0.273 e. The summed E-state index contributed by atoms with van der Waals surface area (Å²) < 4.78 is 4.86. The molecule has 0 saturated heterocycles. The quantitative estimate of drug-likeness (QED) is 0.607. The van der Waals surface area contributed by atoms with Gasteiger partial charge in [-0.2, -0.15) is 4.98 Å². The molecule has 0 bridgehead atoms. The Balaban J connectivity index is 2.58. The molecule has 16 heavy (non-hydrogen) atoms. The molecule has 0 spiro atoms. The van der Waals surface area contributed by atoms with Crippen LogP contribution in [-0.4, -0.2) is 15.1 Å². The molecule has 0 atom stereocenters. The zero-order valence-corrected chi connectivity index (χ0v) is 8.38. The van der Waals surface area contributed by atoms with E-state index in [2.05, 4.69) is 10.1 Å². The van der Waals surface area contributed by atoms with Gasteiger partial charge in [0.1, 0.15) is 0 Å². The van der Waals surface area contributed by atoms with Gasteiger partial charge in [-0.25, -0.2) is 0 Å². The molecule has 2 rings (SSSR count). The normalized spacial score (nSPS) is 10.3. The Morgan fingerprint density at radius 3 is 2.81 bits per heavy atom. The van der Waals surface area contributed by atoms with Crippen molar-refractivity contribution in [3.8, 4) is 11.5 Å². The van der Waals surface area contributed by atoms with Crippen molar-refractivity contribution in [1.29, 1.82) is 0 Å². The Labute approximate surface area is 90.0 Å². The van der Waals surface area contributed by atoms with Crippen LogP contribution in [0.2, 0.25) is 0 Å². The molecule has 7 nitrogen and oxygen atoms in total. The SMILES string of the molecule is Cc1c(-c2nc(N)no2)cccc1[N+](=O)[O-]. The second-order valence-electron chi connectivity index (χ2n) is 3.16. The van der Waals surface area contributed by atoms with Gasteiger partial charge in [-0.3, -0.25) is 10.1 Å². The fraction of sp³-hybridized carbons (Fsp3) is 0.111. The lowest BCUT2D eigenvalue weighted by molar-refractivity contribution is -0.385. The van der Waals surface area contributed by atoms with Crippen LogP contribution in [0.25, 0.3) is 11.5 Å². The molecule has 0 aliphatic carbocycles. The number of nitrogens with two attached hydrogens (primary N) is 1. The highest BCUT2D eigenvalue weighted by molar-refractivity contribution is 5.64. The summed E-state index contributed by atoms with van der Waals surface area (Å²) in [5.41, 5.74) is 6.30. The maximum Gasteiger partial charge on any atom is 0.273 e. The van der Waals surface area contributed by atoms with E-state index in [9.17, 15) is 10.1 Å². The fourth-order valence-corrected chi connectivity index (χ4v) is 1.40. The molecule has 0 aliphatic heterocycles. The summed E-state index contributed by atoms with van der Waals surface area (Å²) >= 11 is 0. The number of nitrogens with zero attached hydrogens (tertiary/aromatic N) is 3. The summed E-state index contributed by atoms with van der Waals surface area (Å²) in [7, 11) is 0. The monoisotopic (exact) mass is 220 g/mol. The number of hydrogen-bond acceptors (Lipinski definition) is 6. The zero-order chi connectivity index (χ0) is 11.7. The van der Waals surface area contributed by atoms with Gasteiger partial charge in [0.05, 0.1) is 4.92 Å². The molecule has 0 amide bonds. The highest BCUT2D eigenvalue weighted by Gasteiger charge is 2.17. The third kappa shape index (κ3) is 1.58. The van der Waals surface area contributed by atoms with Crippen LogP contribution in [-0.2, 0) is 0 Å². The molecule has 2 aromatic rings. The van der Waals surface area contributed by atoms with Crippen molar-refractivity contribution in [2.45, 2.75) is 6.92 Å². The van der Waals surface area contributed by atoms with E-state index >= 15 is 0 Å². The molecule has 0 radical (unpaired) electrons. The molecule has 2 N–H and O–H groups in total. The Morgan fingerprint density at radius 1 is 1.50 bits per heavy atom. The highest BCUT2D eigenvalue weighted by atomic mass is 16.6. The third-order valence-electron chi connectivity index (χ3n) is 2.17. The second kappa shape index (κ2) is 3.61. The molecule has 0 saturated carbocycles. The molecule has 0 fully saturated rings. The van der Waals surface area contributed by atoms with Crippen molar-refractivity contribution in [1.82, 2.24) is 10.1 Å². The number of anilines is 1. The summed E-state index contributed by atoms with van der Waals surface area (Å²) in [6.45, 7) is 1.62. The number of aromatic nitrogens is 2. The Morgan fingerprint density at radius 2 is 2.25 bits per heavy atom. The van der Waals surface area contributed by atoms with E-state index in [0.29, 0.717) is 11.1 Å². The van der Waals surface area contributed by atoms with E-state index in [1.54, 1.807) is 19.1 Å². The van der Waals surface area contributed by atoms with Gasteiger partial charge in [0.2, 0.25) is 0 Å². The van der Waals surface area contributed by atoms with E-state index in [0.717, 1.165) is 0 Å². The topological polar surface area (TPSA) is 108 Å². The average Bonchev–Trinajstić information content (AvgIpc) is 2.64. The first-order chi connectivity index (χ1) is 7.59. The van der Waals surface area contributed by atoms with E-state index in [-0.39, 0.29) is 17.5 Å². The number of nitro groups is 1. The van der Waals surface area contributed by atoms with Crippen LogP contribution < -0.4 is 5.73 Å². The first-order valence-corrected chi connectivity index (χ1v) is 4.43. The number of benzene rings is 1. The predicted octanol–water partition coefficient (Wildman–Crippen LogP) is 1.54. The Hall–Kier alpha value is -2.44. The summed E-state index contributed by atoms with van der Waals surface area (Å²) in [4.78, 5) is 14.1. The van der Waals surface area contributed by atoms with E-state index in [4.69, 9.17) is 10.3 Å². The molecule has 0 aliphatic rings. The van der Waals surface area contributed by atoms with Crippen LogP contribution >= 0.6 is 0 Å². The molecule has 82 valence electrons. The van der Waals surface area contributed by atoms with Crippen LogP contribution in [0.3, 0.4) is 0 Å². The summed E-state index contributed by atoms with van der Waals surface area (Å²) in [6.07, 6.45) is 0. The summed E-state index contributed by atoms with van der Waals surface area (Å²) in [5, 5.41) is 14.2. The first kappa shape index (κ1) is 10.1. The van der Waals surface area contributed by atoms with Crippen LogP contribution in [0.5, 0.6) is 0 Å². The van der Waals surface area contributed by atoms with Gasteiger partial charge < -0.3 is 10.3 Å². The highest BCUT2D eigenvalue weighted by Crippen LogP contribution is 2.28. The standard InChI is InChI=1S/C9H8N4O3/c1-5-6(8-11-9(10)12-16-8)3-2-4-7(5)13(14)15/h2-4H,1H3,(H2,10,12). The Bertz CT molecular complexity index is 549. The van der Waals surface area contributed by atoms with Crippen molar-refractivity contribution in [2.75, 3.05) is 5.73 Å². The maximum atomic E-state index is 10.7. The first-order valence-electron chi connectivity index (χ1n) is 4.43. The van der Waals surface area contributed by atoms with Crippen molar-refractivity contribution < 1.29 is 9.45 Å². The largest absolute Gasteiger partial charge is 0.365 e. The average molecular weight is 220 g/mol. The van der Waals surface area contributed by atoms with Gasteiger partial charge in [-0.1, -0.05) is 6.07 Å². The zero-order valence-electron chi connectivity index (χ0n) is 8.38. The number of hydrogen-bond donors (Lipinski definition) is 1. The van der Waals surface area contributed by atoms with E-state index in [1.165, 1.54) is 6.07 Å². The van der Waals surface area contributed by atoms with Gasteiger partial charge in [0, 0.05) is 17.2 Å². The van der Waals surface area contributed by atoms with Crippen LogP contribution in [0, 0.1) is 17.0 Å². The number of rotatable bonds is 2. The van der Waals surface area contributed by atoms with Gasteiger partial charge in [0.15, 0.2) is 0 Å². The second-order valence-corrected chi connectivity index (χ2v) is 3.16. The van der Waals surface area contributed by atoms with Crippen LogP contribution in [0.4, 0.5) is 11.6 Å². The summed E-state index contributed by atoms with van der Waals surface area (Å²) in [5.74, 6) is 0.180. The number of nitrogen functional groups attached to an aromatic ring is 1. The maximum absolute atomic E-state index is 10.7. The van der Waals surface area contributed by atoms with Crippen LogP contribution in [0.15, 0.2) is 22.7 Å². The van der Waals surface area contributed by atoms with Crippen molar-refractivity contribution in [3.63, 3.8) is 0 Å². The molecule has 7 heteroatoms. The molecule has 1 aromatic carbocycles. The lowest BCUT2D eigenvalue weighted by Crippen LogP contribution is -1.94. The number of nitro benzene ring substituents is 1. The van der Waals surface area contributed by atoms with Crippen molar-refractivity contribution in [2.24, 2.45) is 0 Å². The lowest BCUT2D eigenvalue weighted by atomic mass is 10.1.